The maximum Gasteiger partial charge on any atom is 0.260 e. The van der Waals surface area contributed by atoms with E-state index >= 15 is 0 Å². The molecule has 1 aliphatic rings. The molecule has 130 valence electrons. The van der Waals surface area contributed by atoms with Crippen LogP contribution in [0.5, 0.6) is 0 Å². The summed E-state index contributed by atoms with van der Waals surface area (Å²) in [4.78, 5) is 16.9. The van der Waals surface area contributed by atoms with Gasteiger partial charge in [0.05, 0.1) is 16.7 Å². The van der Waals surface area contributed by atoms with Gasteiger partial charge in [-0.25, -0.2) is 10.4 Å². The average molecular weight is 336 g/mol. The predicted molar refractivity (Wildman–Crippen MR) is 101 cm³/mol. The normalized spacial score (nSPS) is 19.1. The summed E-state index contributed by atoms with van der Waals surface area (Å²) in [7, 11) is 0. The molecule has 0 unspecified atom stereocenters. The minimum atomic E-state index is -0.149. The van der Waals surface area contributed by atoms with E-state index in [2.05, 4.69) is 28.2 Å². The summed E-state index contributed by atoms with van der Waals surface area (Å²) in [5, 5.41) is 4.36. The Morgan fingerprint density at radius 1 is 1.40 bits per heavy atom. The van der Waals surface area contributed by atoms with Crippen LogP contribution < -0.4 is 5.43 Å². The molecule has 0 aliphatic heterocycles. The second-order valence-corrected chi connectivity index (χ2v) is 6.70. The number of nitrogens with zero attached hydrogens (tertiary/aromatic N) is 3. The fourth-order valence-corrected chi connectivity index (χ4v) is 3.13. The lowest BCUT2D eigenvalue weighted by molar-refractivity contribution is -0.121. The molecule has 1 aromatic heterocycles. The summed E-state index contributed by atoms with van der Waals surface area (Å²) in [5.74, 6) is 1.07. The first-order valence-electron chi connectivity index (χ1n) is 8.55. The van der Waals surface area contributed by atoms with Crippen LogP contribution in [0.15, 0.2) is 53.2 Å². The highest BCUT2D eigenvalue weighted by Gasteiger charge is 2.19. The van der Waals surface area contributed by atoms with Crippen molar-refractivity contribution in [1.82, 2.24) is 15.0 Å². The summed E-state index contributed by atoms with van der Waals surface area (Å²) in [6, 6.07) is 7.82. The Kier molecular flexibility index (Phi) is 4.83. The first kappa shape index (κ1) is 17.1. The lowest BCUT2D eigenvalue weighted by Gasteiger charge is -2.22. The molecule has 1 atom stereocenters. The predicted octanol–water partition coefficient (Wildman–Crippen LogP) is 3.75. The largest absolute Gasteiger partial charge is 0.319 e. The van der Waals surface area contributed by atoms with Crippen LogP contribution in [-0.2, 0) is 11.3 Å². The molecule has 2 aromatic rings. The number of benzene rings is 1. The minimum Gasteiger partial charge on any atom is -0.319 e. The van der Waals surface area contributed by atoms with Gasteiger partial charge in [-0.2, -0.15) is 5.10 Å². The number of carbonyl (C=O) groups excluding carboxylic acids is 1. The molecule has 0 radical (unpaired) electrons. The van der Waals surface area contributed by atoms with Gasteiger partial charge in [0, 0.05) is 0 Å². The number of para-hydroxylation sites is 2. The highest BCUT2D eigenvalue weighted by Crippen LogP contribution is 2.26. The van der Waals surface area contributed by atoms with Crippen molar-refractivity contribution in [2.75, 3.05) is 0 Å². The van der Waals surface area contributed by atoms with Crippen LogP contribution in [0.25, 0.3) is 11.0 Å². The second-order valence-electron chi connectivity index (χ2n) is 6.70. The molecule has 25 heavy (non-hydrogen) atoms. The van der Waals surface area contributed by atoms with Crippen molar-refractivity contribution in [2.24, 2.45) is 11.0 Å². The van der Waals surface area contributed by atoms with Crippen LogP contribution in [0.4, 0.5) is 0 Å². The SMILES string of the molecule is C=C(C)[C@H]1CC=C(C)/C(=N\NC(=O)Cn2c(C)nc3ccccc32)C1. The van der Waals surface area contributed by atoms with E-state index in [0.29, 0.717) is 5.92 Å². The van der Waals surface area contributed by atoms with Gasteiger partial charge in [-0.3, -0.25) is 4.79 Å². The van der Waals surface area contributed by atoms with E-state index in [0.717, 1.165) is 46.6 Å². The van der Waals surface area contributed by atoms with Crippen molar-refractivity contribution < 1.29 is 4.79 Å². The third-order valence-electron chi connectivity index (χ3n) is 4.76. The number of hydrogen-bond donors (Lipinski definition) is 1. The van der Waals surface area contributed by atoms with Gasteiger partial charge in [0.1, 0.15) is 12.4 Å². The smallest absolute Gasteiger partial charge is 0.260 e. The number of imidazole rings is 1. The number of carbonyl (C=O) groups is 1. The monoisotopic (exact) mass is 336 g/mol. The lowest BCUT2D eigenvalue weighted by Crippen LogP contribution is -2.26. The van der Waals surface area contributed by atoms with Crippen molar-refractivity contribution in [3.8, 4) is 0 Å². The van der Waals surface area contributed by atoms with Crippen LogP contribution in [-0.4, -0.2) is 21.2 Å². The van der Waals surface area contributed by atoms with Crippen molar-refractivity contribution in [3.63, 3.8) is 0 Å². The quantitative estimate of drug-likeness (QED) is 0.683. The fourth-order valence-electron chi connectivity index (χ4n) is 3.13. The number of aryl methyl sites for hydroxylation is 1. The topological polar surface area (TPSA) is 59.3 Å². The molecule has 0 fully saturated rings. The molecular formula is C20H24N4O. The zero-order valence-corrected chi connectivity index (χ0v) is 15.0. The van der Waals surface area contributed by atoms with Gasteiger partial charge in [-0.05, 0) is 57.2 Å². The molecule has 0 bridgehead atoms. The third-order valence-corrected chi connectivity index (χ3v) is 4.76. The van der Waals surface area contributed by atoms with E-state index in [-0.39, 0.29) is 12.5 Å². The third kappa shape index (κ3) is 3.71. The van der Waals surface area contributed by atoms with Crippen LogP contribution in [0, 0.1) is 12.8 Å². The summed E-state index contributed by atoms with van der Waals surface area (Å²) < 4.78 is 1.91. The Morgan fingerprint density at radius 3 is 2.92 bits per heavy atom. The number of amides is 1. The van der Waals surface area contributed by atoms with Crippen molar-refractivity contribution in [2.45, 2.75) is 40.2 Å². The number of aromatic nitrogens is 2. The number of nitrogens with one attached hydrogen (secondary N) is 1. The van der Waals surface area contributed by atoms with E-state index in [4.69, 9.17) is 0 Å². The number of hydrazone groups is 1. The molecule has 1 amide bonds. The standard InChI is InChI=1S/C20H24N4O/c1-13(2)16-10-9-14(3)18(11-16)22-23-20(25)12-24-15(4)21-17-7-5-6-8-19(17)24/h5-9,16H,1,10-12H2,2-4H3,(H,23,25)/b22-18-/t16-/m0/s1. The Bertz CT molecular complexity index is 888. The van der Waals surface area contributed by atoms with Crippen molar-refractivity contribution in [1.29, 1.82) is 0 Å². The lowest BCUT2D eigenvalue weighted by atomic mass is 9.85. The van der Waals surface area contributed by atoms with Crippen LogP contribution in [0.3, 0.4) is 0 Å². The van der Waals surface area contributed by atoms with E-state index in [1.807, 2.05) is 49.6 Å². The van der Waals surface area contributed by atoms with Crippen molar-refractivity contribution in [3.05, 3.63) is 53.9 Å². The van der Waals surface area contributed by atoms with Crippen LogP contribution in [0.1, 0.15) is 32.5 Å². The summed E-state index contributed by atoms with van der Waals surface area (Å²) in [5.41, 5.74) is 7.77. The molecule has 1 aliphatic carbocycles. The van der Waals surface area contributed by atoms with Gasteiger partial charge >= 0.3 is 0 Å². The molecule has 5 heteroatoms. The number of allylic oxidation sites excluding steroid dienone is 3. The summed E-state index contributed by atoms with van der Waals surface area (Å²) in [6.45, 7) is 10.2. The molecule has 1 heterocycles. The van der Waals surface area contributed by atoms with Crippen molar-refractivity contribution >= 4 is 22.7 Å². The zero-order valence-electron chi connectivity index (χ0n) is 15.0. The zero-order chi connectivity index (χ0) is 18.0. The van der Waals surface area contributed by atoms with Gasteiger partial charge in [0.15, 0.2) is 0 Å². The minimum absolute atomic E-state index is 0.149. The molecule has 1 aromatic carbocycles. The van der Waals surface area contributed by atoms with E-state index in [9.17, 15) is 4.79 Å². The highest BCUT2D eigenvalue weighted by molar-refractivity contribution is 6.01. The Labute approximate surface area is 148 Å². The van der Waals surface area contributed by atoms with Gasteiger partial charge < -0.3 is 4.57 Å². The first-order valence-corrected chi connectivity index (χ1v) is 8.55. The number of rotatable bonds is 4. The molecule has 5 nitrogen and oxygen atoms in total. The molecule has 3 rings (SSSR count). The summed E-state index contributed by atoms with van der Waals surface area (Å²) in [6.07, 6.45) is 3.99. The number of hydrogen-bond acceptors (Lipinski definition) is 3. The van der Waals surface area contributed by atoms with Gasteiger partial charge in [0.2, 0.25) is 0 Å². The molecule has 1 N–H and O–H groups in total. The fraction of sp³-hybridized carbons (Fsp3) is 0.350. The molecule has 0 saturated heterocycles. The molecule has 0 saturated carbocycles. The summed E-state index contributed by atoms with van der Waals surface area (Å²) >= 11 is 0. The van der Waals surface area contributed by atoms with Crippen LogP contribution >= 0.6 is 0 Å². The van der Waals surface area contributed by atoms with Crippen LogP contribution in [0.2, 0.25) is 0 Å². The first-order chi connectivity index (χ1) is 12.0. The second kappa shape index (κ2) is 7.05. The maximum absolute atomic E-state index is 12.4. The van der Waals surface area contributed by atoms with E-state index < -0.39 is 0 Å². The molecule has 0 spiro atoms. The Hall–Kier alpha value is -2.69. The maximum atomic E-state index is 12.4. The van der Waals surface area contributed by atoms with Gasteiger partial charge in [-0.15, -0.1) is 0 Å². The highest BCUT2D eigenvalue weighted by atomic mass is 16.2. The van der Waals surface area contributed by atoms with Gasteiger partial charge in [-0.1, -0.05) is 30.4 Å². The van der Waals surface area contributed by atoms with E-state index in [1.165, 1.54) is 0 Å². The van der Waals surface area contributed by atoms with E-state index in [1.54, 1.807) is 0 Å². The average Bonchev–Trinajstić information content (AvgIpc) is 2.89. The van der Waals surface area contributed by atoms with Gasteiger partial charge in [0.25, 0.3) is 5.91 Å². The molecular weight excluding hydrogens is 312 g/mol. The number of fused-ring (bicyclic) bond motifs is 1. The Balaban J connectivity index is 1.72. The Morgan fingerprint density at radius 2 is 2.16 bits per heavy atom.